The molecule has 0 radical (unpaired) electrons. The van der Waals surface area contributed by atoms with Crippen LogP contribution in [0, 0.1) is 6.92 Å². The topological polar surface area (TPSA) is 23.6 Å². The van der Waals surface area contributed by atoms with Crippen LogP contribution in [0.15, 0.2) is 54.6 Å². The summed E-state index contributed by atoms with van der Waals surface area (Å²) >= 11 is 0. The molecule has 1 saturated heterocycles. The average molecular weight is 238 g/mol. The number of carbonyl (C=O) groups excluding carboxylic acids is 1. The second-order valence-electron chi connectivity index (χ2n) is 4.39. The van der Waals surface area contributed by atoms with Crippen molar-refractivity contribution in [2.24, 2.45) is 0 Å². The lowest BCUT2D eigenvalue weighted by Gasteiger charge is -2.45. The second-order valence-corrected chi connectivity index (χ2v) is 4.39. The van der Waals surface area contributed by atoms with Gasteiger partial charge in [-0.2, -0.15) is 0 Å². The predicted molar refractivity (Wildman–Crippen MR) is 72.5 cm³/mol. The molecule has 0 aromatic heterocycles. The largest absolute Gasteiger partial charge is 0.270 e. The third-order valence-electron chi connectivity index (χ3n) is 3.16. The number of hydrazine groups is 1. The third kappa shape index (κ3) is 1.64. The maximum absolute atomic E-state index is 11.8. The first-order valence-electron chi connectivity index (χ1n) is 5.98. The van der Waals surface area contributed by atoms with Crippen molar-refractivity contribution in [1.82, 2.24) is 0 Å². The van der Waals surface area contributed by atoms with E-state index in [0.717, 1.165) is 11.4 Å². The number of aryl methyl sites for hydroxylation is 1. The fourth-order valence-corrected chi connectivity index (χ4v) is 2.22. The molecule has 1 heterocycles. The molecule has 1 fully saturated rings. The first-order chi connectivity index (χ1) is 8.77. The van der Waals surface area contributed by atoms with Gasteiger partial charge < -0.3 is 0 Å². The Balaban J connectivity index is 1.96. The molecule has 1 aliphatic rings. The van der Waals surface area contributed by atoms with Crippen LogP contribution in [-0.4, -0.2) is 12.5 Å². The van der Waals surface area contributed by atoms with E-state index in [-0.39, 0.29) is 5.91 Å². The number of benzene rings is 2. The van der Waals surface area contributed by atoms with Crippen LogP contribution in [0.2, 0.25) is 0 Å². The number of amides is 1. The number of hydrogen-bond acceptors (Lipinski definition) is 2. The lowest BCUT2D eigenvalue weighted by molar-refractivity contribution is -0.121. The van der Waals surface area contributed by atoms with Crippen LogP contribution in [0.25, 0.3) is 0 Å². The summed E-state index contributed by atoms with van der Waals surface area (Å²) in [5.74, 6) is 0.129. The Hall–Kier alpha value is -2.29. The summed E-state index contributed by atoms with van der Waals surface area (Å²) in [6.45, 7) is 2.50. The van der Waals surface area contributed by atoms with Crippen LogP contribution in [0.4, 0.5) is 11.4 Å². The monoisotopic (exact) mass is 238 g/mol. The minimum absolute atomic E-state index is 0.129. The molecule has 0 atom stereocenters. The normalized spacial score (nSPS) is 14.6. The predicted octanol–water partition coefficient (Wildman–Crippen LogP) is 2.76. The SMILES string of the molecule is Cc1ccccc1N1CC(=O)N1c1ccccc1. The summed E-state index contributed by atoms with van der Waals surface area (Å²) in [4.78, 5) is 11.8. The number of hydrogen-bond donors (Lipinski definition) is 0. The van der Waals surface area contributed by atoms with E-state index in [1.807, 2.05) is 53.5 Å². The molecule has 3 rings (SSSR count). The molecule has 2 aromatic carbocycles. The van der Waals surface area contributed by atoms with Crippen molar-refractivity contribution < 1.29 is 4.79 Å². The minimum atomic E-state index is 0.129. The van der Waals surface area contributed by atoms with Crippen molar-refractivity contribution in [2.45, 2.75) is 6.92 Å². The molecule has 0 spiro atoms. The molecule has 18 heavy (non-hydrogen) atoms. The maximum Gasteiger partial charge on any atom is 0.267 e. The molecular weight excluding hydrogens is 224 g/mol. The zero-order valence-corrected chi connectivity index (χ0v) is 10.2. The van der Waals surface area contributed by atoms with Crippen molar-refractivity contribution in [2.75, 3.05) is 16.6 Å². The Morgan fingerprint density at radius 2 is 1.61 bits per heavy atom. The number of nitrogens with zero attached hydrogens (tertiary/aromatic N) is 2. The second kappa shape index (κ2) is 4.18. The van der Waals surface area contributed by atoms with Gasteiger partial charge in [-0.1, -0.05) is 36.4 Å². The van der Waals surface area contributed by atoms with Crippen molar-refractivity contribution in [3.8, 4) is 0 Å². The lowest BCUT2D eigenvalue weighted by Crippen LogP contribution is -2.62. The van der Waals surface area contributed by atoms with Crippen LogP contribution >= 0.6 is 0 Å². The van der Waals surface area contributed by atoms with Gasteiger partial charge in [0.2, 0.25) is 0 Å². The standard InChI is InChI=1S/C15H14N2O/c1-12-7-5-6-10-14(12)16-11-15(18)17(16)13-8-3-2-4-9-13/h2-10H,11H2,1H3. The minimum Gasteiger partial charge on any atom is -0.270 e. The molecule has 1 amide bonds. The molecule has 0 unspecified atom stereocenters. The van der Waals surface area contributed by atoms with Crippen LogP contribution in [0.1, 0.15) is 5.56 Å². The van der Waals surface area contributed by atoms with Crippen molar-refractivity contribution in [3.63, 3.8) is 0 Å². The summed E-state index contributed by atoms with van der Waals surface area (Å²) in [5.41, 5.74) is 3.17. The lowest BCUT2D eigenvalue weighted by atomic mass is 10.1. The van der Waals surface area contributed by atoms with Gasteiger partial charge in [-0.25, -0.2) is 5.01 Å². The molecule has 0 N–H and O–H groups in total. The highest BCUT2D eigenvalue weighted by Gasteiger charge is 2.35. The molecule has 3 nitrogen and oxygen atoms in total. The van der Waals surface area contributed by atoms with Gasteiger partial charge in [-0.05, 0) is 30.7 Å². The van der Waals surface area contributed by atoms with Gasteiger partial charge >= 0.3 is 0 Å². The molecule has 0 bridgehead atoms. The summed E-state index contributed by atoms with van der Waals surface area (Å²) in [5, 5.41) is 3.73. The Bertz CT molecular complexity index is 580. The summed E-state index contributed by atoms with van der Waals surface area (Å²) in [7, 11) is 0. The number of anilines is 2. The summed E-state index contributed by atoms with van der Waals surface area (Å²) in [6.07, 6.45) is 0. The number of carbonyl (C=O) groups is 1. The fourth-order valence-electron chi connectivity index (χ4n) is 2.22. The van der Waals surface area contributed by atoms with Gasteiger partial charge in [0.1, 0.15) is 6.54 Å². The summed E-state index contributed by atoms with van der Waals surface area (Å²) in [6, 6.07) is 17.8. The molecular formula is C15H14N2O. The Labute approximate surface area is 106 Å². The Morgan fingerprint density at radius 1 is 0.944 bits per heavy atom. The first kappa shape index (κ1) is 10.8. The molecule has 3 heteroatoms. The molecule has 90 valence electrons. The molecule has 0 aliphatic carbocycles. The Morgan fingerprint density at radius 3 is 2.28 bits per heavy atom. The average Bonchev–Trinajstić information content (AvgIpc) is 2.38. The zero-order chi connectivity index (χ0) is 12.5. The van der Waals surface area contributed by atoms with E-state index >= 15 is 0 Å². The first-order valence-corrected chi connectivity index (χ1v) is 5.98. The third-order valence-corrected chi connectivity index (χ3v) is 3.16. The van der Waals surface area contributed by atoms with Gasteiger partial charge in [0.05, 0.1) is 11.4 Å². The maximum atomic E-state index is 11.8. The highest BCUT2D eigenvalue weighted by Crippen LogP contribution is 2.30. The van der Waals surface area contributed by atoms with E-state index in [4.69, 9.17) is 0 Å². The highest BCUT2D eigenvalue weighted by molar-refractivity contribution is 6.06. The van der Waals surface area contributed by atoms with Crippen LogP contribution in [0.3, 0.4) is 0 Å². The summed E-state index contributed by atoms with van der Waals surface area (Å²) < 4.78 is 0. The van der Waals surface area contributed by atoms with Gasteiger partial charge in [-0.15, -0.1) is 0 Å². The van der Waals surface area contributed by atoms with Crippen molar-refractivity contribution in [1.29, 1.82) is 0 Å². The molecule has 1 aliphatic heterocycles. The van der Waals surface area contributed by atoms with E-state index in [1.54, 1.807) is 5.01 Å². The molecule has 0 saturated carbocycles. The van der Waals surface area contributed by atoms with E-state index in [0.29, 0.717) is 6.54 Å². The fraction of sp³-hybridized carbons (Fsp3) is 0.133. The van der Waals surface area contributed by atoms with E-state index < -0.39 is 0 Å². The zero-order valence-electron chi connectivity index (χ0n) is 10.2. The van der Waals surface area contributed by atoms with E-state index in [1.165, 1.54) is 5.56 Å². The number of rotatable bonds is 2. The van der Waals surface area contributed by atoms with E-state index in [9.17, 15) is 4.79 Å². The highest BCUT2D eigenvalue weighted by atomic mass is 16.2. The van der Waals surface area contributed by atoms with Crippen LogP contribution in [-0.2, 0) is 4.79 Å². The van der Waals surface area contributed by atoms with Gasteiger partial charge in [0.15, 0.2) is 0 Å². The van der Waals surface area contributed by atoms with Crippen LogP contribution < -0.4 is 10.0 Å². The smallest absolute Gasteiger partial charge is 0.267 e. The van der Waals surface area contributed by atoms with Crippen LogP contribution in [0.5, 0.6) is 0 Å². The van der Waals surface area contributed by atoms with Gasteiger partial charge in [0.25, 0.3) is 5.91 Å². The van der Waals surface area contributed by atoms with E-state index in [2.05, 4.69) is 13.0 Å². The van der Waals surface area contributed by atoms with Crippen molar-refractivity contribution >= 4 is 17.3 Å². The number of para-hydroxylation sites is 2. The Kier molecular flexibility index (Phi) is 2.52. The van der Waals surface area contributed by atoms with Gasteiger partial charge in [-0.3, -0.25) is 9.80 Å². The quantitative estimate of drug-likeness (QED) is 0.803. The molecule has 2 aromatic rings. The van der Waals surface area contributed by atoms with Crippen molar-refractivity contribution in [3.05, 3.63) is 60.2 Å². The van der Waals surface area contributed by atoms with Gasteiger partial charge in [0, 0.05) is 0 Å².